The molecule has 1 aromatic heterocycles. The van der Waals surface area contributed by atoms with Crippen LogP contribution in [0.1, 0.15) is 46.8 Å². The summed E-state index contributed by atoms with van der Waals surface area (Å²) in [6.45, 7) is 0. The zero-order valence-electron chi connectivity index (χ0n) is 33.1. The molecule has 0 fully saturated rings. The van der Waals surface area contributed by atoms with Gasteiger partial charge >= 0.3 is 0 Å². The van der Waals surface area contributed by atoms with Gasteiger partial charge in [0, 0.05) is 5.39 Å². The normalized spacial score (nSPS) is 20.0. The Morgan fingerprint density at radius 1 is 0.617 bits per heavy atom. The lowest BCUT2D eigenvalue weighted by Crippen LogP contribution is -2.39. The average molecular weight is 771 g/mol. The summed E-state index contributed by atoms with van der Waals surface area (Å²) in [5.74, 6) is 0.537. The number of fused-ring (bicyclic) bond motifs is 7. The third-order valence-corrected chi connectivity index (χ3v) is 13.4. The van der Waals surface area contributed by atoms with Gasteiger partial charge in [-0.05, 0) is 109 Å². The van der Waals surface area contributed by atoms with E-state index in [0.717, 1.165) is 45.8 Å². The first-order valence-electron chi connectivity index (χ1n) is 21.2. The fraction of sp³-hybridized carbons (Fsp3) is 0.105. The minimum Gasteiger partial charge on any atom is -0.452 e. The third-order valence-electron chi connectivity index (χ3n) is 13.4. The lowest BCUT2D eigenvalue weighted by Gasteiger charge is -2.39. The van der Waals surface area contributed by atoms with E-state index in [-0.39, 0.29) is 18.0 Å². The number of nitrogens with one attached hydrogen (secondary N) is 1. The van der Waals surface area contributed by atoms with Crippen LogP contribution in [0.3, 0.4) is 0 Å². The van der Waals surface area contributed by atoms with E-state index in [2.05, 4.69) is 199 Å². The first-order valence-corrected chi connectivity index (χ1v) is 21.2. The van der Waals surface area contributed by atoms with Gasteiger partial charge in [0.1, 0.15) is 17.1 Å². The highest BCUT2D eigenvalue weighted by Crippen LogP contribution is 2.62. The summed E-state index contributed by atoms with van der Waals surface area (Å²) < 4.78 is 6.64. The van der Waals surface area contributed by atoms with Gasteiger partial charge in [-0.3, -0.25) is 4.99 Å². The molecule has 3 nitrogen and oxygen atoms in total. The predicted octanol–water partition coefficient (Wildman–Crippen LogP) is 12.2. The number of nitrogens with zero attached hydrogens (tertiary/aromatic N) is 1. The Bertz CT molecular complexity index is 3190. The van der Waals surface area contributed by atoms with E-state index in [0.29, 0.717) is 0 Å². The van der Waals surface area contributed by atoms with Crippen molar-refractivity contribution in [1.29, 1.82) is 0 Å². The maximum atomic E-state index is 6.64. The topological polar surface area (TPSA) is 37.5 Å². The summed E-state index contributed by atoms with van der Waals surface area (Å²) in [4.78, 5) is 5.25. The molecule has 3 unspecified atom stereocenters. The van der Waals surface area contributed by atoms with Gasteiger partial charge in [-0.1, -0.05) is 188 Å². The molecule has 3 atom stereocenters. The maximum Gasteiger partial charge on any atom is 0.176 e. The molecule has 7 aromatic carbocycles. The molecule has 0 amide bonds. The van der Waals surface area contributed by atoms with Crippen LogP contribution in [-0.4, -0.2) is 0 Å². The van der Waals surface area contributed by atoms with Crippen molar-refractivity contribution in [2.45, 2.75) is 24.4 Å². The summed E-state index contributed by atoms with van der Waals surface area (Å²) >= 11 is 0. The fourth-order valence-corrected chi connectivity index (χ4v) is 10.7. The number of allylic oxidation sites excluding steroid dienone is 7. The minimum atomic E-state index is -0.495. The summed E-state index contributed by atoms with van der Waals surface area (Å²) in [5.41, 5.74) is 15.3. The van der Waals surface area contributed by atoms with Gasteiger partial charge < -0.3 is 9.73 Å². The van der Waals surface area contributed by atoms with Crippen molar-refractivity contribution in [1.82, 2.24) is 5.32 Å². The molecule has 0 spiro atoms. The molecule has 0 radical (unpaired) electrons. The van der Waals surface area contributed by atoms with Crippen molar-refractivity contribution < 1.29 is 4.42 Å². The predicted molar refractivity (Wildman–Crippen MR) is 244 cm³/mol. The molecule has 1 N–H and O–H groups in total. The van der Waals surface area contributed by atoms with Crippen molar-refractivity contribution in [3.05, 3.63) is 256 Å². The van der Waals surface area contributed by atoms with Gasteiger partial charge in [-0.25, -0.2) is 0 Å². The molecule has 12 rings (SSSR count). The zero-order valence-corrected chi connectivity index (χ0v) is 33.1. The lowest BCUT2D eigenvalue weighted by molar-refractivity contribution is 0.447. The van der Waals surface area contributed by atoms with E-state index in [1.165, 1.54) is 60.9 Å². The quantitative estimate of drug-likeness (QED) is 0.183. The standard InChI is InChI=1S/C57H42N2O/c1-5-18-37(19-6-1)48-35-41-22-13-14-29-45(41)52-51(48)46-33-32-40(36-49(46)57(52,43-25-9-3-10-26-43)44-27-11-4-12-28-44)39-23-17-24-42(34-39)53-55-54(47-30-15-16-31-50(47)60-55)59-56(58-53)38-20-7-2-8-21-38/h1-33,35,39-40,56,58H,34,36H2. The highest BCUT2D eigenvalue weighted by molar-refractivity contribution is 6.06. The molecule has 0 saturated heterocycles. The van der Waals surface area contributed by atoms with Crippen LogP contribution in [0.2, 0.25) is 0 Å². The van der Waals surface area contributed by atoms with Crippen LogP contribution in [0.4, 0.5) is 0 Å². The van der Waals surface area contributed by atoms with Crippen LogP contribution < -0.4 is 16.1 Å². The van der Waals surface area contributed by atoms with Crippen LogP contribution in [0, 0.1) is 11.8 Å². The Balaban J connectivity index is 1.01. The molecule has 3 aliphatic carbocycles. The molecule has 8 aromatic rings. The summed E-state index contributed by atoms with van der Waals surface area (Å²) in [5, 5.41) is 8.39. The lowest BCUT2D eigenvalue weighted by atomic mass is 9.62. The second kappa shape index (κ2) is 14.0. The largest absolute Gasteiger partial charge is 0.452 e. The van der Waals surface area contributed by atoms with E-state index in [4.69, 9.17) is 9.41 Å². The molecule has 286 valence electrons. The smallest absolute Gasteiger partial charge is 0.176 e. The van der Waals surface area contributed by atoms with E-state index in [1.54, 1.807) is 0 Å². The molecule has 2 heterocycles. The van der Waals surface area contributed by atoms with Crippen molar-refractivity contribution in [3.8, 4) is 11.1 Å². The highest BCUT2D eigenvalue weighted by Gasteiger charge is 2.50. The Hall–Kier alpha value is -7.23. The van der Waals surface area contributed by atoms with Crippen molar-refractivity contribution in [2.75, 3.05) is 0 Å². The summed E-state index contributed by atoms with van der Waals surface area (Å²) in [7, 11) is 0. The molecule has 1 aliphatic heterocycles. The van der Waals surface area contributed by atoms with Gasteiger partial charge in [0.05, 0.1) is 11.1 Å². The van der Waals surface area contributed by atoms with Gasteiger partial charge in [-0.2, -0.15) is 0 Å². The Morgan fingerprint density at radius 2 is 1.25 bits per heavy atom. The number of para-hydroxylation sites is 1. The monoisotopic (exact) mass is 770 g/mol. The molecule has 0 saturated carbocycles. The number of benzene rings is 7. The SMILES string of the molecule is C1=CC(C2C=CC3=C(C2)C(c2ccccc2)(c2ccccc2)c2c3c(-c3ccccc3)cc3ccccc23)CC(C2=c3oc4ccccc4c3=NC(c3ccccc3)N2)=C1. The van der Waals surface area contributed by atoms with Crippen molar-refractivity contribution in [2.24, 2.45) is 16.8 Å². The third kappa shape index (κ3) is 5.32. The van der Waals surface area contributed by atoms with Crippen LogP contribution >= 0.6 is 0 Å². The highest BCUT2D eigenvalue weighted by atomic mass is 16.3. The van der Waals surface area contributed by atoms with Crippen molar-refractivity contribution >= 4 is 33.0 Å². The van der Waals surface area contributed by atoms with Crippen LogP contribution in [-0.2, 0) is 5.41 Å². The van der Waals surface area contributed by atoms with Gasteiger partial charge in [0.25, 0.3) is 0 Å². The van der Waals surface area contributed by atoms with E-state index in [9.17, 15) is 0 Å². The van der Waals surface area contributed by atoms with Gasteiger partial charge in [0.2, 0.25) is 0 Å². The van der Waals surface area contributed by atoms with Crippen LogP contribution in [0.5, 0.6) is 0 Å². The molecular weight excluding hydrogens is 729 g/mol. The van der Waals surface area contributed by atoms with Crippen LogP contribution in [0.15, 0.2) is 227 Å². The number of rotatable bonds is 6. The fourth-order valence-electron chi connectivity index (χ4n) is 10.7. The molecular formula is C57H42N2O. The maximum absolute atomic E-state index is 6.64. The first-order chi connectivity index (χ1) is 29.8. The van der Waals surface area contributed by atoms with Crippen LogP contribution in [0.25, 0.3) is 44.1 Å². The van der Waals surface area contributed by atoms with E-state index >= 15 is 0 Å². The van der Waals surface area contributed by atoms with Gasteiger partial charge in [0.15, 0.2) is 5.42 Å². The number of hydrogen-bond donors (Lipinski definition) is 1. The summed E-state index contributed by atoms with van der Waals surface area (Å²) in [6.07, 6.45) is 13.6. The first kappa shape index (κ1) is 34.8. The number of hydrogen-bond acceptors (Lipinski definition) is 3. The minimum absolute atomic E-state index is 0.217. The van der Waals surface area contributed by atoms with Gasteiger partial charge in [-0.15, -0.1) is 0 Å². The zero-order chi connectivity index (χ0) is 39.6. The molecule has 3 heteroatoms. The molecule has 0 bridgehead atoms. The van der Waals surface area contributed by atoms with E-state index in [1.807, 2.05) is 12.1 Å². The Morgan fingerprint density at radius 3 is 2.00 bits per heavy atom. The molecule has 4 aliphatic rings. The second-order valence-electron chi connectivity index (χ2n) is 16.5. The van der Waals surface area contributed by atoms with Crippen molar-refractivity contribution in [3.63, 3.8) is 0 Å². The van der Waals surface area contributed by atoms with E-state index < -0.39 is 5.41 Å². The number of furan rings is 1. The second-order valence-corrected chi connectivity index (χ2v) is 16.5. The summed E-state index contributed by atoms with van der Waals surface area (Å²) in [6, 6.07) is 63.9. The Labute approximate surface area is 349 Å². The molecule has 60 heavy (non-hydrogen) atoms. The Kier molecular flexibility index (Phi) is 8.09. The average Bonchev–Trinajstić information content (AvgIpc) is 3.86.